The van der Waals surface area contributed by atoms with Crippen LogP contribution in [0, 0.1) is 0 Å². The van der Waals surface area contributed by atoms with Gasteiger partial charge in [-0.15, -0.1) is 0 Å². The first-order chi connectivity index (χ1) is 12.5. The minimum Gasteiger partial charge on any atom is -0.359 e. The van der Waals surface area contributed by atoms with Gasteiger partial charge in [0.25, 0.3) is 0 Å². The molecule has 1 aromatic heterocycles. The van der Waals surface area contributed by atoms with Crippen molar-refractivity contribution in [2.45, 2.75) is 44.7 Å². The standard InChI is InChI=1S/C20H27BrN4S/c1-4-25(5-2)20(26)22-12-9-14-13-7-6-8-16-18(13)15(19(21)23-16)10-17(14)24(3)11-12/h6-8,12,14,17,23H,4-5,9-11H2,1-3H3,(H,22,26)/t12-,14?,17+/m0/s1. The van der Waals surface area contributed by atoms with Crippen LogP contribution in [0.1, 0.15) is 37.3 Å². The summed E-state index contributed by atoms with van der Waals surface area (Å²) < 4.78 is 1.15. The van der Waals surface area contributed by atoms with Crippen molar-refractivity contribution in [3.05, 3.63) is 33.9 Å². The molecule has 2 aromatic rings. The number of benzene rings is 1. The second kappa shape index (κ2) is 7.13. The second-order valence-electron chi connectivity index (χ2n) is 7.56. The molecule has 0 radical (unpaired) electrons. The summed E-state index contributed by atoms with van der Waals surface area (Å²) in [7, 11) is 2.26. The number of halogens is 1. The summed E-state index contributed by atoms with van der Waals surface area (Å²) in [6.45, 7) is 7.27. The normalized spacial score (nSPS) is 25.2. The smallest absolute Gasteiger partial charge is 0.169 e. The highest BCUT2D eigenvalue weighted by molar-refractivity contribution is 9.10. The molecule has 2 heterocycles. The molecule has 0 spiro atoms. The van der Waals surface area contributed by atoms with Crippen LogP contribution in [0.4, 0.5) is 0 Å². The van der Waals surface area contributed by atoms with Gasteiger partial charge in [0.15, 0.2) is 5.11 Å². The minimum atomic E-state index is 0.397. The SMILES string of the molecule is CCN(CC)C(=S)N[C@H]1CC2c3cccc4[nH]c(Br)c(c34)C[C@H]2N(C)C1. The number of fused-ring (bicyclic) bond motifs is 2. The molecule has 2 aliphatic rings. The zero-order valence-electron chi connectivity index (χ0n) is 15.7. The van der Waals surface area contributed by atoms with Gasteiger partial charge in [0.2, 0.25) is 0 Å². The Morgan fingerprint density at radius 1 is 1.38 bits per heavy atom. The van der Waals surface area contributed by atoms with Crippen LogP contribution in [0.15, 0.2) is 22.8 Å². The average Bonchev–Trinajstić information content (AvgIpc) is 2.94. The Morgan fingerprint density at radius 2 is 2.15 bits per heavy atom. The first kappa shape index (κ1) is 18.3. The van der Waals surface area contributed by atoms with E-state index < -0.39 is 0 Å². The Bertz CT molecular complexity index is 829. The van der Waals surface area contributed by atoms with Gasteiger partial charge in [-0.3, -0.25) is 0 Å². The summed E-state index contributed by atoms with van der Waals surface area (Å²) >= 11 is 9.40. The van der Waals surface area contributed by atoms with Crippen molar-refractivity contribution in [1.29, 1.82) is 0 Å². The highest BCUT2D eigenvalue weighted by atomic mass is 79.9. The van der Waals surface area contributed by atoms with E-state index in [2.05, 4.69) is 75.1 Å². The molecule has 6 heteroatoms. The quantitative estimate of drug-likeness (QED) is 0.718. The van der Waals surface area contributed by atoms with Gasteiger partial charge >= 0.3 is 0 Å². The Balaban J connectivity index is 1.63. The summed E-state index contributed by atoms with van der Waals surface area (Å²) in [6, 6.07) is 7.64. The fourth-order valence-electron chi connectivity index (χ4n) is 4.87. The molecule has 140 valence electrons. The third-order valence-corrected chi connectivity index (χ3v) is 7.23. The third-order valence-electron chi connectivity index (χ3n) is 6.18. The van der Waals surface area contributed by atoms with Crippen LogP contribution in [-0.2, 0) is 6.42 Å². The van der Waals surface area contributed by atoms with Crippen molar-refractivity contribution in [2.75, 3.05) is 26.7 Å². The van der Waals surface area contributed by atoms with Crippen LogP contribution in [-0.4, -0.2) is 58.7 Å². The first-order valence-electron chi connectivity index (χ1n) is 9.58. The number of rotatable bonds is 3. The molecule has 4 rings (SSSR count). The summed E-state index contributed by atoms with van der Waals surface area (Å²) in [5, 5.41) is 5.97. The molecule has 0 amide bonds. The Labute approximate surface area is 169 Å². The van der Waals surface area contributed by atoms with Crippen molar-refractivity contribution in [1.82, 2.24) is 20.1 Å². The fourth-order valence-corrected chi connectivity index (χ4v) is 5.86. The van der Waals surface area contributed by atoms with E-state index in [1.165, 1.54) is 22.0 Å². The number of hydrogen-bond acceptors (Lipinski definition) is 2. The lowest BCUT2D eigenvalue weighted by molar-refractivity contribution is 0.133. The molecule has 1 unspecified atom stereocenters. The number of thiocarbonyl (C=S) groups is 1. The lowest BCUT2D eigenvalue weighted by Gasteiger charge is -2.46. The molecule has 3 atom stereocenters. The fraction of sp³-hybridized carbons (Fsp3) is 0.550. The van der Waals surface area contributed by atoms with Crippen LogP contribution in [0.25, 0.3) is 10.9 Å². The first-order valence-corrected chi connectivity index (χ1v) is 10.8. The number of nitrogens with one attached hydrogen (secondary N) is 2. The summed E-state index contributed by atoms with van der Waals surface area (Å²) in [5.74, 6) is 0.546. The van der Waals surface area contributed by atoms with Gasteiger partial charge in [-0.1, -0.05) is 12.1 Å². The number of likely N-dealkylation sites (N-methyl/N-ethyl adjacent to an activating group) is 1. The lowest BCUT2D eigenvalue weighted by Crippen LogP contribution is -2.56. The largest absolute Gasteiger partial charge is 0.359 e. The molecule has 0 bridgehead atoms. The van der Waals surface area contributed by atoms with Crippen LogP contribution >= 0.6 is 28.1 Å². The summed E-state index contributed by atoms with van der Waals surface area (Å²) in [4.78, 5) is 8.26. The number of aromatic amines is 1. The van der Waals surface area contributed by atoms with E-state index in [0.29, 0.717) is 18.0 Å². The van der Waals surface area contributed by atoms with Crippen molar-refractivity contribution < 1.29 is 0 Å². The van der Waals surface area contributed by atoms with E-state index in [1.807, 2.05) is 0 Å². The van der Waals surface area contributed by atoms with Crippen molar-refractivity contribution in [3.63, 3.8) is 0 Å². The maximum atomic E-state index is 5.66. The number of likely N-dealkylation sites (tertiary alicyclic amines) is 1. The van der Waals surface area contributed by atoms with Crippen LogP contribution < -0.4 is 5.32 Å². The number of hydrogen-bond donors (Lipinski definition) is 2. The van der Waals surface area contributed by atoms with Gasteiger partial charge in [-0.25, -0.2) is 0 Å². The predicted octanol–water partition coefficient (Wildman–Crippen LogP) is 3.86. The Hall–Kier alpha value is -1.11. The van der Waals surface area contributed by atoms with E-state index in [1.54, 1.807) is 0 Å². The molecular weight excluding hydrogens is 408 g/mol. The van der Waals surface area contributed by atoms with Crippen molar-refractivity contribution in [3.8, 4) is 0 Å². The van der Waals surface area contributed by atoms with E-state index in [-0.39, 0.29) is 0 Å². The van der Waals surface area contributed by atoms with Crippen LogP contribution in [0.3, 0.4) is 0 Å². The van der Waals surface area contributed by atoms with Crippen LogP contribution in [0.5, 0.6) is 0 Å². The molecule has 1 aliphatic carbocycles. The van der Waals surface area contributed by atoms with E-state index in [9.17, 15) is 0 Å². The Morgan fingerprint density at radius 3 is 2.88 bits per heavy atom. The number of aromatic nitrogens is 1. The second-order valence-corrected chi connectivity index (χ2v) is 8.74. The molecule has 1 saturated heterocycles. The number of nitrogens with zero attached hydrogens (tertiary/aromatic N) is 2. The molecule has 1 fully saturated rings. The maximum Gasteiger partial charge on any atom is 0.169 e. The number of H-pyrrole nitrogens is 1. The molecule has 0 saturated carbocycles. The van der Waals surface area contributed by atoms with E-state index in [0.717, 1.165) is 42.2 Å². The molecule has 1 aromatic carbocycles. The monoisotopic (exact) mass is 434 g/mol. The highest BCUT2D eigenvalue weighted by Gasteiger charge is 2.40. The van der Waals surface area contributed by atoms with Gasteiger partial charge in [-0.05, 0) is 79.1 Å². The predicted molar refractivity (Wildman–Crippen MR) is 116 cm³/mol. The zero-order valence-corrected chi connectivity index (χ0v) is 18.1. The summed E-state index contributed by atoms with van der Waals surface area (Å²) in [5.41, 5.74) is 4.18. The molecule has 2 N–H and O–H groups in total. The highest BCUT2D eigenvalue weighted by Crippen LogP contribution is 2.45. The van der Waals surface area contributed by atoms with Crippen molar-refractivity contribution >= 4 is 44.2 Å². The summed E-state index contributed by atoms with van der Waals surface area (Å²) in [6.07, 6.45) is 2.24. The lowest BCUT2D eigenvalue weighted by atomic mass is 9.74. The van der Waals surface area contributed by atoms with Gasteiger partial charge in [-0.2, -0.15) is 0 Å². The van der Waals surface area contributed by atoms with Gasteiger partial charge in [0.1, 0.15) is 0 Å². The number of piperidine rings is 1. The molecule has 26 heavy (non-hydrogen) atoms. The van der Waals surface area contributed by atoms with E-state index in [4.69, 9.17) is 12.2 Å². The Kier molecular flexibility index (Phi) is 5.01. The van der Waals surface area contributed by atoms with E-state index >= 15 is 0 Å². The molecule has 1 aliphatic heterocycles. The third kappa shape index (κ3) is 2.96. The van der Waals surface area contributed by atoms with Gasteiger partial charge in [0, 0.05) is 48.5 Å². The molecular formula is C20H27BrN4S. The zero-order chi connectivity index (χ0) is 18.4. The van der Waals surface area contributed by atoms with Gasteiger partial charge < -0.3 is 20.1 Å². The minimum absolute atomic E-state index is 0.397. The topological polar surface area (TPSA) is 34.3 Å². The van der Waals surface area contributed by atoms with Crippen molar-refractivity contribution in [2.24, 2.45) is 0 Å². The van der Waals surface area contributed by atoms with Crippen LogP contribution in [0.2, 0.25) is 0 Å². The maximum absolute atomic E-state index is 5.66. The van der Waals surface area contributed by atoms with Gasteiger partial charge in [0.05, 0.1) is 4.60 Å². The average molecular weight is 435 g/mol. The molecule has 4 nitrogen and oxygen atoms in total.